The number of hydrogen-bond acceptors (Lipinski definition) is 14. The first-order valence-electron chi connectivity index (χ1n) is 15.3. The molecule has 5 N–H and O–H groups in total. The Morgan fingerprint density at radius 3 is 1.73 bits per heavy atom. The molecule has 0 radical (unpaired) electrons. The highest BCUT2D eigenvalue weighted by atomic mass is 32.3. The zero-order chi connectivity index (χ0) is 35.2. The van der Waals surface area contributed by atoms with E-state index in [1.54, 1.807) is 13.8 Å². The van der Waals surface area contributed by atoms with Crippen LogP contribution in [0.5, 0.6) is 0 Å². The van der Waals surface area contributed by atoms with E-state index in [1.165, 1.54) is 9.80 Å². The molecular formula is C24H41N7O15S2. The molecular weight excluding hydrogens is 690 g/mol. The third-order valence-electron chi connectivity index (χ3n) is 7.99. The van der Waals surface area contributed by atoms with Crippen LogP contribution in [0, 0.1) is 0 Å². The summed E-state index contributed by atoms with van der Waals surface area (Å²) in [5.41, 5.74) is 4.56. The highest BCUT2D eigenvalue weighted by molar-refractivity contribution is 7.81. The van der Waals surface area contributed by atoms with Crippen molar-refractivity contribution in [2.75, 3.05) is 39.4 Å². The lowest BCUT2D eigenvalue weighted by atomic mass is 10.0. The normalized spacial score (nSPS) is 26.1. The molecule has 274 valence electrons. The van der Waals surface area contributed by atoms with Crippen LogP contribution < -0.4 is 16.3 Å². The van der Waals surface area contributed by atoms with Gasteiger partial charge in [0.2, 0.25) is 0 Å². The summed E-state index contributed by atoms with van der Waals surface area (Å²) in [5.74, 6) is -0.985. The average molecular weight is 732 g/mol. The van der Waals surface area contributed by atoms with E-state index >= 15 is 0 Å². The van der Waals surface area contributed by atoms with Gasteiger partial charge in [0, 0.05) is 13.1 Å². The van der Waals surface area contributed by atoms with E-state index in [2.05, 4.69) is 24.8 Å². The lowest BCUT2D eigenvalue weighted by Crippen LogP contribution is -2.50. The highest BCUT2D eigenvalue weighted by Gasteiger charge is 2.50. The molecule has 22 nitrogen and oxygen atoms in total. The van der Waals surface area contributed by atoms with Crippen LogP contribution in [-0.2, 0) is 53.4 Å². The molecule has 0 spiro atoms. The molecule has 5 heterocycles. The number of urea groups is 2. The van der Waals surface area contributed by atoms with Crippen molar-refractivity contribution in [3.8, 4) is 0 Å². The highest BCUT2D eigenvalue weighted by Crippen LogP contribution is 2.32. The standard InChI is InChI=1S/C14H24N4O8S.C10H17N3O7S/c19-13(16-25-8-7-24-11-3-5-15-6-4-11)12-2-1-10-9-17(12)14(20)18(10)26-27(21,22)23;1-6(2)19-11-9(14)8-4-3-7-5-12(8)10(15)13(7)20-21(16,17)18/h10-12,15H,1-9H2,(H,16,19)(H,21,22,23);6-8H,3-5H2,1-2H3,(H,11,14)(H,16,17,18)/t10-,12+;7-,8+/m11/s1. The summed E-state index contributed by atoms with van der Waals surface area (Å²) < 4.78 is 74.9. The van der Waals surface area contributed by atoms with E-state index in [9.17, 15) is 36.0 Å². The number of carbonyl (C=O) groups is 4. The molecule has 5 saturated heterocycles. The van der Waals surface area contributed by atoms with Gasteiger partial charge >= 0.3 is 32.9 Å². The lowest BCUT2D eigenvalue weighted by Gasteiger charge is -2.29. The third-order valence-corrected chi connectivity index (χ3v) is 8.69. The molecule has 4 bridgehead atoms. The van der Waals surface area contributed by atoms with Crippen molar-refractivity contribution in [3.05, 3.63) is 0 Å². The Morgan fingerprint density at radius 2 is 1.27 bits per heavy atom. The number of fused-ring (bicyclic) bond motifs is 4. The van der Waals surface area contributed by atoms with Crippen LogP contribution in [-0.4, -0.2) is 146 Å². The molecule has 0 aromatic rings. The zero-order valence-electron chi connectivity index (χ0n) is 26.3. The van der Waals surface area contributed by atoms with Gasteiger partial charge in [0.1, 0.15) is 12.1 Å². The molecule has 0 aliphatic carbocycles. The maximum absolute atomic E-state index is 12.3. The fourth-order valence-corrected chi connectivity index (χ4v) is 6.64. The Bertz CT molecular complexity index is 1400. The maximum atomic E-state index is 12.3. The molecule has 0 aromatic carbocycles. The van der Waals surface area contributed by atoms with Gasteiger partial charge in [-0.15, -0.1) is 8.57 Å². The Morgan fingerprint density at radius 1 is 0.792 bits per heavy atom. The minimum absolute atomic E-state index is 0.130. The summed E-state index contributed by atoms with van der Waals surface area (Å²) in [6.45, 7) is 6.12. The first-order valence-corrected chi connectivity index (χ1v) is 18.0. The molecule has 0 aromatic heterocycles. The van der Waals surface area contributed by atoms with E-state index in [-0.39, 0.29) is 31.9 Å². The Kier molecular flexibility index (Phi) is 12.8. The van der Waals surface area contributed by atoms with Gasteiger partial charge < -0.3 is 19.9 Å². The van der Waals surface area contributed by atoms with Crippen LogP contribution in [0.1, 0.15) is 52.4 Å². The van der Waals surface area contributed by atoms with Crippen molar-refractivity contribution in [2.45, 2.75) is 88.7 Å². The Balaban J connectivity index is 0.000000224. The second kappa shape index (κ2) is 16.2. The molecule has 0 saturated carbocycles. The molecule has 48 heavy (non-hydrogen) atoms. The van der Waals surface area contributed by atoms with Gasteiger partial charge in [0.05, 0.1) is 37.5 Å². The first-order chi connectivity index (χ1) is 22.5. The number of hydrogen-bond donors (Lipinski definition) is 5. The topological polar surface area (TPSA) is 272 Å². The van der Waals surface area contributed by atoms with Gasteiger partial charge in [-0.1, -0.05) is 0 Å². The second-order valence-electron chi connectivity index (χ2n) is 11.8. The predicted octanol–water partition coefficient (Wildman–Crippen LogP) is -1.75. The smallest absolute Gasteiger partial charge is 0.376 e. The summed E-state index contributed by atoms with van der Waals surface area (Å²) in [5, 5.41) is 4.42. The number of hydroxylamine groups is 6. The number of nitrogens with one attached hydrogen (secondary N) is 3. The molecule has 24 heteroatoms. The van der Waals surface area contributed by atoms with E-state index in [1.807, 2.05) is 0 Å². The van der Waals surface area contributed by atoms with Crippen molar-refractivity contribution in [3.63, 3.8) is 0 Å². The van der Waals surface area contributed by atoms with Gasteiger partial charge in [-0.2, -0.15) is 27.0 Å². The quantitative estimate of drug-likeness (QED) is 0.0798. The van der Waals surface area contributed by atoms with E-state index in [0.29, 0.717) is 42.4 Å². The molecule has 5 aliphatic heterocycles. The first kappa shape index (κ1) is 37.9. The molecule has 6 amide bonds. The fourth-order valence-electron chi connectivity index (χ4n) is 5.86. The van der Waals surface area contributed by atoms with Crippen molar-refractivity contribution in [2.24, 2.45) is 0 Å². The van der Waals surface area contributed by atoms with E-state index in [4.69, 9.17) is 23.5 Å². The van der Waals surface area contributed by atoms with Crippen molar-refractivity contribution in [1.29, 1.82) is 0 Å². The SMILES string of the molecule is CC(C)ONC(=O)[C@@H]1CC[C@@H]2CN1C(=O)N2OS(=O)(=O)O.O=C(NOCCOC1CCNCC1)[C@@H]1CC[C@@H]2CN1C(=O)N2OS(=O)(=O)O. The third kappa shape index (κ3) is 10.3. The van der Waals surface area contributed by atoms with Crippen molar-refractivity contribution < 1.29 is 68.1 Å². The van der Waals surface area contributed by atoms with Crippen LogP contribution in [0.3, 0.4) is 0 Å². The maximum Gasteiger partial charge on any atom is 0.418 e. The molecule has 5 fully saturated rings. The van der Waals surface area contributed by atoms with Crippen LogP contribution in [0.15, 0.2) is 0 Å². The average Bonchev–Trinajstić information content (AvgIpc) is 3.38. The van der Waals surface area contributed by atoms with E-state index < -0.39 is 68.8 Å². The van der Waals surface area contributed by atoms with Gasteiger partial charge in [-0.3, -0.25) is 28.4 Å². The lowest BCUT2D eigenvalue weighted by molar-refractivity contribution is -0.142. The minimum atomic E-state index is -4.81. The second-order valence-corrected chi connectivity index (χ2v) is 13.8. The largest absolute Gasteiger partial charge is 0.418 e. The molecule has 5 aliphatic rings. The van der Waals surface area contributed by atoms with Gasteiger partial charge in [0.25, 0.3) is 11.8 Å². The summed E-state index contributed by atoms with van der Waals surface area (Å²) in [4.78, 5) is 61.0. The molecule has 4 atom stereocenters. The van der Waals surface area contributed by atoms with Gasteiger partial charge in [-0.25, -0.2) is 20.5 Å². The zero-order valence-corrected chi connectivity index (χ0v) is 27.9. The van der Waals surface area contributed by atoms with Crippen LogP contribution in [0.2, 0.25) is 0 Å². The van der Waals surface area contributed by atoms with Crippen molar-refractivity contribution in [1.82, 2.24) is 36.2 Å². The number of carbonyl (C=O) groups excluding carboxylic acids is 4. The van der Waals surface area contributed by atoms with Crippen LogP contribution >= 0.6 is 0 Å². The molecule has 5 rings (SSSR count). The predicted molar refractivity (Wildman–Crippen MR) is 157 cm³/mol. The number of rotatable bonds is 13. The van der Waals surface area contributed by atoms with Crippen LogP contribution in [0.4, 0.5) is 9.59 Å². The fraction of sp³-hybridized carbons (Fsp3) is 0.833. The number of nitrogens with zero attached hydrogens (tertiary/aromatic N) is 4. The number of amides is 6. The van der Waals surface area contributed by atoms with E-state index in [0.717, 1.165) is 25.9 Å². The minimum Gasteiger partial charge on any atom is -0.376 e. The summed E-state index contributed by atoms with van der Waals surface area (Å²) in [6.07, 6.45) is 3.25. The number of ether oxygens (including phenoxy) is 1. The Labute approximate surface area is 277 Å². The molecule has 0 unspecified atom stereocenters. The van der Waals surface area contributed by atoms with Crippen molar-refractivity contribution >= 4 is 44.7 Å². The summed E-state index contributed by atoms with van der Waals surface area (Å²) >= 11 is 0. The van der Waals surface area contributed by atoms with Gasteiger partial charge in [0.15, 0.2) is 0 Å². The summed E-state index contributed by atoms with van der Waals surface area (Å²) in [6, 6.07) is -4.18. The monoisotopic (exact) mass is 731 g/mol. The van der Waals surface area contributed by atoms with Crippen LogP contribution in [0.25, 0.3) is 0 Å². The Hall–Kier alpha value is -2.94. The number of piperidine rings is 3. The summed E-state index contributed by atoms with van der Waals surface area (Å²) in [7, 11) is -9.60. The van der Waals surface area contributed by atoms with Gasteiger partial charge in [-0.05, 0) is 65.5 Å².